The summed E-state index contributed by atoms with van der Waals surface area (Å²) in [6.45, 7) is 7.35. The summed E-state index contributed by atoms with van der Waals surface area (Å²) in [4.78, 5) is 30.2. The predicted molar refractivity (Wildman–Crippen MR) is 113 cm³/mol. The zero-order chi connectivity index (χ0) is 21.9. The first-order valence-corrected chi connectivity index (χ1v) is 12.4. The van der Waals surface area contributed by atoms with E-state index in [9.17, 15) is 18.0 Å². The number of ether oxygens (including phenoxy) is 1. The Bertz CT molecular complexity index is 877. The Kier molecular flexibility index (Phi) is 7.23. The molecule has 3 heterocycles. The summed E-state index contributed by atoms with van der Waals surface area (Å²) in [5.74, 6) is -0.605. The Labute approximate surface area is 179 Å². The molecular formula is C21H33N3O5S. The SMILES string of the molecule is CCOC(=O)c1c(C)[nH]c(C)c1S(=O)(=O)N1CCC(C(=O)N2CCCCCC2)CC1. The molecule has 2 saturated heterocycles. The normalized spacial score (nSPS) is 19.5. The Hall–Kier alpha value is -1.87. The van der Waals surface area contributed by atoms with Gasteiger partial charge >= 0.3 is 5.97 Å². The van der Waals surface area contributed by atoms with Crippen LogP contribution in [-0.4, -0.2) is 67.3 Å². The average Bonchev–Trinajstić information content (AvgIpc) is 2.89. The molecule has 0 spiro atoms. The third-order valence-corrected chi connectivity index (χ3v) is 8.19. The fourth-order valence-corrected chi connectivity index (χ4v) is 6.43. The van der Waals surface area contributed by atoms with E-state index in [1.54, 1.807) is 20.8 Å². The van der Waals surface area contributed by atoms with Crippen molar-refractivity contribution < 1.29 is 22.7 Å². The number of sulfonamides is 1. The van der Waals surface area contributed by atoms with Crippen LogP contribution in [0.1, 0.15) is 67.2 Å². The van der Waals surface area contributed by atoms with Crippen molar-refractivity contribution in [1.82, 2.24) is 14.2 Å². The maximum Gasteiger partial charge on any atom is 0.341 e. The van der Waals surface area contributed by atoms with Gasteiger partial charge in [-0.3, -0.25) is 4.79 Å². The van der Waals surface area contributed by atoms with Crippen LogP contribution < -0.4 is 0 Å². The zero-order valence-electron chi connectivity index (χ0n) is 18.2. The second-order valence-electron chi connectivity index (χ2n) is 8.22. The highest BCUT2D eigenvalue weighted by Gasteiger charge is 2.38. The van der Waals surface area contributed by atoms with Crippen molar-refractivity contribution in [3.63, 3.8) is 0 Å². The molecule has 0 aromatic carbocycles. The van der Waals surface area contributed by atoms with Crippen LogP contribution in [0.15, 0.2) is 4.90 Å². The number of hydrogen-bond acceptors (Lipinski definition) is 5. The van der Waals surface area contributed by atoms with E-state index in [1.165, 1.54) is 17.1 Å². The standard InChI is InChI=1S/C21H33N3O5S/c1-4-29-21(26)18-15(2)22-16(3)19(18)30(27,28)24-13-9-17(10-14-24)20(25)23-11-7-5-6-8-12-23/h17,22H,4-14H2,1-3H3. The summed E-state index contributed by atoms with van der Waals surface area (Å²) in [6.07, 6.45) is 5.43. The molecule has 168 valence electrons. The number of rotatable bonds is 5. The van der Waals surface area contributed by atoms with Crippen molar-refractivity contribution >= 4 is 21.9 Å². The van der Waals surface area contributed by atoms with E-state index in [1.807, 2.05) is 4.90 Å². The van der Waals surface area contributed by atoms with E-state index in [2.05, 4.69) is 4.98 Å². The highest BCUT2D eigenvalue weighted by atomic mass is 32.2. The van der Waals surface area contributed by atoms with Gasteiger partial charge in [-0.25, -0.2) is 13.2 Å². The second kappa shape index (κ2) is 9.51. The van der Waals surface area contributed by atoms with E-state index in [-0.39, 0.29) is 42.0 Å². The quantitative estimate of drug-likeness (QED) is 0.711. The van der Waals surface area contributed by atoms with E-state index in [0.717, 1.165) is 25.9 Å². The smallest absolute Gasteiger partial charge is 0.341 e. The van der Waals surface area contributed by atoms with Gasteiger partial charge in [0.15, 0.2) is 0 Å². The fourth-order valence-electron chi connectivity index (χ4n) is 4.55. The second-order valence-corrected chi connectivity index (χ2v) is 10.1. The largest absolute Gasteiger partial charge is 0.462 e. The molecule has 1 aromatic heterocycles. The number of carbonyl (C=O) groups excluding carboxylic acids is 2. The molecule has 0 aliphatic carbocycles. The van der Waals surface area contributed by atoms with Gasteiger partial charge < -0.3 is 14.6 Å². The number of esters is 1. The molecular weight excluding hydrogens is 406 g/mol. The van der Waals surface area contributed by atoms with Crippen LogP contribution in [0.2, 0.25) is 0 Å². The monoisotopic (exact) mass is 439 g/mol. The van der Waals surface area contributed by atoms with Gasteiger partial charge in [0.2, 0.25) is 15.9 Å². The van der Waals surface area contributed by atoms with Gasteiger partial charge in [-0.2, -0.15) is 4.31 Å². The van der Waals surface area contributed by atoms with E-state index < -0.39 is 16.0 Å². The number of aromatic amines is 1. The van der Waals surface area contributed by atoms with E-state index >= 15 is 0 Å². The Morgan fingerprint density at radius 2 is 1.60 bits per heavy atom. The average molecular weight is 440 g/mol. The molecule has 1 N–H and O–H groups in total. The van der Waals surface area contributed by atoms with Gasteiger partial charge in [-0.1, -0.05) is 12.8 Å². The fraction of sp³-hybridized carbons (Fsp3) is 0.714. The molecule has 8 nitrogen and oxygen atoms in total. The van der Waals surface area contributed by atoms with Crippen LogP contribution in [-0.2, 0) is 19.6 Å². The Morgan fingerprint density at radius 1 is 1.00 bits per heavy atom. The van der Waals surface area contributed by atoms with Crippen LogP contribution in [0.25, 0.3) is 0 Å². The van der Waals surface area contributed by atoms with Crippen molar-refractivity contribution in [1.29, 1.82) is 0 Å². The number of nitrogens with one attached hydrogen (secondary N) is 1. The summed E-state index contributed by atoms with van der Waals surface area (Å²) in [6, 6.07) is 0. The van der Waals surface area contributed by atoms with Gasteiger partial charge in [0.1, 0.15) is 10.5 Å². The van der Waals surface area contributed by atoms with Gasteiger partial charge in [0.05, 0.1) is 6.61 Å². The van der Waals surface area contributed by atoms with Crippen molar-refractivity contribution in [2.45, 2.75) is 64.2 Å². The summed E-state index contributed by atoms with van der Waals surface area (Å²) in [5, 5.41) is 0. The molecule has 9 heteroatoms. The third kappa shape index (κ3) is 4.56. The van der Waals surface area contributed by atoms with Crippen LogP contribution in [0.5, 0.6) is 0 Å². The highest BCUT2D eigenvalue weighted by molar-refractivity contribution is 7.89. The first-order valence-electron chi connectivity index (χ1n) is 10.9. The predicted octanol–water partition coefficient (Wildman–Crippen LogP) is 2.61. The number of aryl methyl sites for hydroxylation is 2. The lowest BCUT2D eigenvalue weighted by Crippen LogP contribution is -2.44. The Morgan fingerprint density at radius 3 is 2.17 bits per heavy atom. The van der Waals surface area contributed by atoms with Crippen LogP contribution in [0, 0.1) is 19.8 Å². The summed E-state index contributed by atoms with van der Waals surface area (Å²) < 4.78 is 33.2. The minimum absolute atomic E-state index is 0.00394. The van der Waals surface area contributed by atoms with Gasteiger partial charge in [0, 0.05) is 43.5 Å². The minimum Gasteiger partial charge on any atom is -0.462 e. The molecule has 0 radical (unpaired) electrons. The maximum atomic E-state index is 13.4. The molecule has 2 aliphatic rings. The van der Waals surface area contributed by atoms with Crippen LogP contribution >= 0.6 is 0 Å². The molecule has 2 aliphatic heterocycles. The number of piperidine rings is 1. The highest BCUT2D eigenvalue weighted by Crippen LogP contribution is 2.31. The number of aromatic nitrogens is 1. The lowest BCUT2D eigenvalue weighted by molar-refractivity contribution is -0.136. The van der Waals surface area contributed by atoms with E-state index in [4.69, 9.17) is 4.74 Å². The molecule has 1 amide bonds. The zero-order valence-corrected chi connectivity index (χ0v) is 19.0. The number of nitrogens with zero attached hydrogens (tertiary/aromatic N) is 2. The molecule has 0 atom stereocenters. The lowest BCUT2D eigenvalue weighted by atomic mass is 9.96. The Balaban J connectivity index is 1.74. The number of amides is 1. The number of likely N-dealkylation sites (tertiary alicyclic amines) is 1. The molecule has 1 aromatic rings. The van der Waals surface area contributed by atoms with Crippen LogP contribution in [0.3, 0.4) is 0 Å². The first kappa shape index (κ1) is 22.8. The van der Waals surface area contributed by atoms with Gasteiger partial charge in [0.25, 0.3) is 0 Å². The number of carbonyl (C=O) groups is 2. The molecule has 0 bridgehead atoms. The third-order valence-electron chi connectivity index (χ3n) is 6.12. The summed E-state index contributed by atoms with van der Waals surface area (Å²) in [5.41, 5.74) is 0.992. The summed E-state index contributed by atoms with van der Waals surface area (Å²) in [7, 11) is -3.87. The van der Waals surface area contributed by atoms with Crippen molar-refractivity contribution in [3.05, 3.63) is 17.0 Å². The maximum absolute atomic E-state index is 13.4. The summed E-state index contributed by atoms with van der Waals surface area (Å²) >= 11 is 0. The molecule has 2 fully saturated rings. The first-order chi connectivity index (χ1) is 14.3. The minimum atomic E-state index is -3.87. The number of hydrogen-bond donors (Lipinski definition) is 1. The van der Waals surface area contributed by atoms with Gasteiger partial charge in [-0.05, 0) is 46.5 Å². The molecule has 30 heavy (non-hydrogen) atoms. The molecule has 0 saturated carbocycles. The van der Waals surface area contributed by atoms with Crippen molar-refractivity contribution in [3.8, 4) is 0 Å². The molecule has 0 unspecified atom stereocenters. The van der Waals surface area contributed by atoms with Crippen molar-refractivity contribution in [2.24, 2.45) is 5.92 Å². The van der Waals surface area contributed by atoms with Gasteiger partial charge in [-0.15, -0.1) is 0 Å². The topological polar surface area (TPSA) is 99.8 Å². The van der Waals surface area contributed by atoms with Crippen LogP contribution in [0.4, 0.5) is 0 Å². The van der Waals surface area contributed by atoms with E-state index in [0.29, 0.717) is 24.2 Å². The van der Waals surface area contributed by atoms with Crippen molar-refractivity contribution in [2.75, 3.05) is 32.8 Å². The number of H-pyrrole nitrogens is 1. The molecule has 3 rings (SSSR count). The lowest BCUT2D eigenvalue weighted by Gasteiger charge is -2.33.